The van der Waals surface area contributed by atoms with Crippen LogP contribution in [0.25, 0.3) is 11.1 Å². The first-order valence-electron chi connectivity index (χ1n) is 9.28. The number of benzene rings is 2. The van der Waals surface area contributed by atoms with Crippen molar-refractivity contribution >= 4 is 44.7 Å². The number of hydrogen-bond acceptors (Lipinski definition) is 7. The van der Waals surface area contributed by atoms with Crippen molar-refractivity contribution in [2.75, 3.05) is 21.2 Å². The number of hydrogen-bond donors (Lipinski definition) is 1. The van der Waals surface area contributed by atoms with Crippen LogP contribution in [-0.2, 0) is 20.3 Å². The van der Waals surface area contributed by atoms with E-state index >= 15 is 0 Å². The normalized spacial score (nSPS) is 11.2. The summed E-state index contributed by atoms with van der Waals surface area (Å²) in [5, 5.41) is 10.0. The topological polar surface area (TPSA) is 101 Å². The Bertz CT molecular complexity index is 1300. The number of esters is 1. The maximum atomic E-state index is 13.0. The zero-order chi connectivity index (χ0) is 23.6. The molecule has 0 unspecified atom stereocenters. The largest absolute Gasteiger partial charge is 0.507 e. The van der Waals surface area contributed by atoms with Crippen LogP contribution in [0.4, 0.5) is 0 Å². The molecule has 3 rings (SSSR count). The maximum absolute atomic E-state index is 13.0. The van der Waals surface area contributed by atoms with E-state index in [4.69, 9.17) is 11.6 Å². The SMILES string of the molecule is COC(=O)c1ccc(CS(=O)(=O)c2cc(-c3cccc(C(=O)N(C)C)c3)c(Cl)s2)cc1O. The van der Waals surface area contributed by atoms with Gasteiger partial charge in [0.1, 0.15) is 19.9 Å². The van der Waals surface area contributed by atoms with E-state index in [1.807, 2.05) is 0 Å². The Labute approximate surface area is 194 Å². The molecule has 10 heteroatoms. The number of nitrogens with zero attached hydrogens (tertiary/aromatic N) is 1. The average molecular weight is 494 g/mol. The molecule has 0 aliphatic heterocycles. The van der Waals surface area contributed by atoms with Crippen LogP contribution in [0.1, 0.15) is 26.3 Å². The van der Waals surface area contributed by atoms with Crippen LogP contribution >= 0.6 is 22.9 Å². The molecule has 1 aromatic heterocycles. The molecule has 1 amide bonds. The second kappa shape index (κ2) is 9.32. The van der Waals surface area contributed by atoms with E-state index in [-0.39, 0.29) is 25.8 Å². The summed E-state index contributed by atoms with van der Waals surface area (Å²) in [6.45, 7) is 0. The van der Waals surface area contributed by atoms with Gasteiger partial charge in [-0.2, -0.15) is 0 Å². The Morgan fingerprint density at radius 1 is 1.12 bits per heavy atom. The number of phenols is 1. The summed E-state index contributed by atoms with van der Waals surface area (Å²) in [6.07, 6.45) is 0. The van der Waals surface area contributed by atoms with Crippen LogP contribution < -0.4 is 0 Å². The van der Waals surface area contributed by atoms with Crippen LogP contribution in [0, 0.1) is 0 Å². The number of methoxy groups -OCH3 is 1. The summed E-state index contributed by atoms with van der Waals surface area (Å²) < 4.78 is 30.8. The van der Waals surface area contributed by atoms with E-state index in [1.54, 1.807) is 38.4 Å². The molecular formula is C22H20ClNO6S2. The number of amides is 1. The van der Waals surface area contributed by atoms with E-state index < -0.39 is 21.6 Å². The lowest BCUT2D eigenvalue weighted by Gasteiger charge is -2.11. The highest BCUT2D eigenvalue weighted by atomic mass is 35.5. The minimum absolute atomic E-state index is 0.0535. The molecule has 0 radical (unpaired) electrons. The van der Waals surface area contributed by atoms with Crippen molar-refractivity contribution < 1.29 is 27.9 Å². The van der Waals surface area contributed by atoms with Gasteiger partial charge in [0.2, 0.25) is 0 Å². The zero-order valence-electron chi connectivity index (χ0n) is 17.5. The van der Waals surface area contributed by atoms with Gasteiger partial charge < -0.3 is 14.7 Å². The molecule has 0 aliphatic rings. The van der Waals surface area contributed by atoms with Gasteiger partial charge in [0.05, 0.1) is 12.9 Å². The van der Waals surface area contributed by atoms with Crippen LogP contribution in [-0.4, -0.2) is 51.5 Å². The van der Waals surface area contributed by atoms with E-state index in [1.165, 1.54) is 36.3 Å². The van der Waals surface area contributed by atoms with Gasteiger partial charge in [-0.25, -0.2) is 13.2 Å². The number of phenolic OH excluding ortho intramolecular Hbond substituents is 1. The van der Waals surface area contributed by atoms with E-state index in [2.05, 4.69) is 4.74 Å². The molecule has 32 heavy (non-hydrogen) atoms. The van der Waals surface area contributed by atoms with Crippen molar-refractivity contribution in [2.45, 2.75) is 9.96 Å². The van der Waals surface area contributed by atoms with Gasteiger partial charge in [0.15, 0.2) is 9.84 Å². The monoisotopic (exact) mass is 493 g/mol. The summed E-state index contributed by atoms with van der Waals surface area (Å²) in [7, 11) is 0.689. The summed E-state index contributed by atoms with van der Waals surface area (Å²) in [4.78, 5) is 25.3. The van der Waals surface area contributed by atoms with E-state index in [9.17, 15) is 23.1 Å². The molecule has 0 bridgehead atoms. The number of sulfone groups is 1. The number of carbonyl (C=O) groups is 2. The first-order chi connectivity index (χ1) is 15.0. The summed E-state index contributed by atoms with van der Waals surface area (Å²) in [5.74, 6) is -1.66. The third-order valence-corrected chi connectivity index (χ3v) is 8.23. The van der Waals surface area contributed by atoms with E-state index in [0.717, 1.165) is 11.3 Å². The highest BCUT2D eigenvalue weighted by Gasteiger charge is 2.23. The molecule has 7 nitrogen and oxygen atoms in total. The molecule has 0 aliphatic carbocycles. The van der Waals surface area contributed by atoms with Gasteiger partial charge in [-0.3, -0.25) is 4.79 Å². The molecule has 0 atom stereocenters. The number of ether oxygens (including phenoxy) is 1. The standard InChI is InChI=1S/C22H20ClNO6S2/c1-24(2)21(26)15-6-4-5-14(10-15)17-11-19(31-20(17)23)32(28,29)12-13-7-8-16(18(25)9-13)22(27)30-3/h4-11,25H,12H2,1-3H3. The number of rotatable bonds is 6. The van der Waals surface area contributed by atoms with Gasteiger partial charge >= 0.3 is 5.97 Å². The Morgan fingerprint density at radius 3 is 2.47 bits per heavy atom. The molecule has 3 aromatic rings. The van der Waals surface area contributed by atoms with Crippen molar-refractivity contribution in [3.63, 3.8) is 0 Å². The molecule has 0 saturated carbocycles. The fourth-order valence-corrected chi connectivity index (χ4v) is 6.20. The fraction of sp³-hybridized carbons (Fsp3) is 0.182. The molecular weight excluding hydrogens is 474 g/mol. The van der Waals surface area contributed by atoms with Crippen LogP contribution in [0.2, 0.25) is 4.34 Å². The van der Waals surface area contributed by atoms with Crippen molar-refractivity contribution in [3.8, 4) is 16.9 Å². The zero-order valence-corrected chi connectivity index (χ0v) is 19.8. The maximum Gasteiger partial charge on any atom is 0.341 e. The van der Waals surface area contributed by atoms with E-state index in [0.29, 0.717) is 22.3 Å². The lowest BCUT2D eigenvalue weighted by Crippen LogP contribution is -2.21. The van der Waals surface area contributed by atoms with Gasteiger partial charge in [-0.05, 0) is 41.5 Å². The van der Waals surface area contributed by atoms with Gasteiger partial charge in [0, 0.05) is 25.2 Å². The molecule has 1 heterocycles. The molecule has 0 spiro atoms. The molecule has 0 saturated heterocycles. The van der Waals surface area contributed by atoms with Crippen molar-refractivity contribution in [2.24, 2.45) is 0 Å². The third-order valence-electron chi connectivity index (χ3n) is 4.62. The fourth-order valence-electron chi connectivity index (χ4n) is 3.02. The van der Waals surface area contributed by atoms with Crippen LogP contribution in [0.15, 0.2) is 52.7 Å². The minimum atomic E-state index is -3.79. The molecule has 0 fully saturated rings. The van der Waals surface area contributed by atoms with Crippen LogP contribution in [0.5, 0.6) is 5.75 Å². The number of halogens is 1. The van der Waals surface area contributed by atoms with Crippen LogP contribution in [0.3, 0.4) is 0 Å². The quantitative estimate of drug-likeness (QED) is 0.515. The van der Waals surface area contributed by atoms with Crippen molar-refractivity contribution in [1.82, 2.24) is 4.90 Å². The van der Waals surface area contributed by atoms with Gasteiger partial charge in [-0.15, -0.1) is 11.3 Å². The Morgan fingerprint density at radius 2 is 1.84 bits per heavy atom. The summed E-state index contributed by atoms with van der Waals surface area (Å²) in [6, 6.07) is 12.2. The second-order valence-electron chi connectivity index (χ2n) is 7.14. The molecule has 2 aromatic carbocycles. The number of thiophene rings is 1. The first kappa shape index (κ1) is 23.8. The third kappa shape index (κ3) is 4.95. The highest BCUT2D eigenvalue weighted by molar-refractivity contribution is 7.92. The summed E-state index contributed by atoms with van der Waals surface area (Å²) in [5.41, 5.74) is 1.84. The Balaban J connectivity index is 1.91. The van der Waals surface area contributed by atoms with Crippen molar-refractivity contribution in [1.29, 1.82) is 0 Å². The number of aromatic hydroxyl groups is 1. The second-order valence-corrected chi connectivity index (χ2v) is 11.0. The van der Waals surface area contributed by atoms with Gasteiger partial charge in [-0.1, -0.05) is 29.8 Å². The first-order valence-corrected chi connectivity index (χ1v) is 12.1. The van der Waals surface area contributed by atoms with Crippen molar-refractivity contribution in [3.05, 3.63) is 69.6 Å². The lowest BCUT2D eigenvalue weighted by molar-refractivity contribution is 0.0597. The highest BCUT2D eigenvalue weighted by Crippen LogP contribution is 2.39. The lowest BCUT2D eigenvalue weighted by atomic mass is 10.1. The number of carbonyl (C=O) groups excluding carboxylic acids is 2. The minimum Gasteiger partial charge on any atom is -0.507 e. The predicted octanol–water partition coefficient (Wildman–Crippen LogP) is 4.24. The molecule has 1 N–H and O–H groups in total. The Hall–Kier alpha value is -2.88. The average Bonchev–Trinajstić information content (AvgIpc) is 3.15. The van der Waals surface area contributed by atoms with Gasteiger partial charge in [0.25, 0.3) is 5.91 Å². The smallest absolute Gasteiger partial charge is 0.341 e. The predicted molar refractivity (Wildman–Crippen MR) is 123 cm³/mol. The Kier molecular flexibility index (Phi) is 6.92. The molecule has 168 valence electrons. The summed E-state index contributed by atoms with van der Waals surface area (Å²) >= 11 is 7.26.